The van der Waals surface area contributed by atoms with Crippen molar-refractivity contribution in [3.05, 3.63) is 40.0 Å². The minimum Gasteiger partial charge on any atom is -0.507 e. The van der Waals surface area contributed by atoms with E-state index in [-0.39, 0.29) is 40.5 Å². The molecule has 0 saturated carbocycles. The number of nitrogens with zero attached hydrogens (tertiary/aromatic N) is 1. The number of hydrogen-bond donors (Lipinski definition) is 3. The number of benzene rings is 1. The largest absolute Gasteiger partial charge is 0.507 e. The van der Waals surface area contributed by atoms with E-state index in [1.54, 1.807) is 13.8 Å². The number of aliphatic hydroxyl groups excluding tert-OH is 2. The molecule has 1 saturated heterocycles. The first-order chi connectivity index (χ1) is 16.5. The standard InChI is InChI=1S/C25H31NO9/c1-10-18-20(24(31)16(34-10)9-17(27)33-5)23(30)13-7-6-12(22(29)19(13)25(18)32)15-8-14(26(3)4)21(28)11(2)35-15/h6-7,10-11,14-16,21,24,28-29,31H,8-9H2,1-5H3/t10-,11-,14-,15+,16-,21+,24+/m1/s1. The van der Waals surface area contributed by atoms with Crippen LogP contribution < -0.4 is 0 Å². The minimum absolute atomic E-state index is 0.0342. The number of ether oxygens (including phenoxy) is 3. The van der Waals surface area contributed by atoms with Crippen molar-refractivity contribution in [3.8, 4) is 5.75 Å². The van der Waals surface area contributed by atoms with Gasteiger partial charge in [0.1, 0.15) is 11.9 Å². The molecule has 0 spiro atoms. The number of carbonyl (C=O) groups is 3. The van der Waals surface area contributed by atoms with Gasteiger partial charge in [0, 0.05) is 28.3 Å². The Balaban J connectivity index is 1.73. The van der Waals surface area contributed by atoms with E-state index >= 15 is 0 Å². The van der Waals surface area contributed by atoms with Crippen LogP contribution in [-0.2, 0) is 19.0 Å². The van der Waals surface area contributed by atoms with Gasteiger partial charge >= 0.3 is 5.97 Å². The van der Waals surface area contributed by atoms with E-state index in [0.29, 0.717) is 12.0 Å². The highest BCUT2D eigenvalue weighted by molar-refractivity contribution is 6.29. The molecule has 35 heavy (non-hydrogen) atoms. The van der Waals surface area contributed by atoms with Crippen molar-refractivity contribution in [1.82, 2.24) is 4.90 Å². The molecule has 1 aromatic carbocycles. The summed E-state index contributed by atoms with van der Waals surface area (Å²) in [6.07, 6.45) is -5.21. The van der Waals surface area contributed by atoms with Crippen LogP contribution in [0.3, 0.4) is 0 Å². The predicted molar refractivity (Wildman–Crippen MR) is 122 cm³/mol. The van der Waals surface area contributed by atoms with Gasteiger partial charge in [-0.2, -0.15) is 0 Å². The molecular formula is C25H31NO9. The molecule has 10 nitrogen and oxygen atoms in total. The summed E-state index contributed by atoms with van der Waals surface area (Å²) >= 11 is 0. The fourth-order valence-electron chi connectivity index (χ4n) is 5.29. The Morgan fingerprint density at radius 1 is 1.11 bits per heavy atom. The average molecular weight is 490 g/mol. The fourth-order valence-corrected chi connectivity index (χ4v) is 5.29. The fraction of sp³-hybridized carbons (Fsp3) is 0.560. The van der Waals surface area contributed by atoms with Gasteiger partial charge in [-0.15, -0.1) is 0 Å². The van der Waals surface area contributed by atoms with Crippen LogP contribution in [0.5, 0.6) is 5.75 Å². The Morgan fingerprint density at radius 3 is 2.43 bits per heavy atom. The highest BCUT2D eigenvalue weighted by atomic mass is 16.5. The molecule has 0 unspecified atom stereocenters. The molecule has 0 amide bonds. The minimum atomic E-state index is -1.50. The molecule has 4 rings (SSSR count). The van der Waals surface area contributed by atoms with E-state index < -0.39 is 54.2 Å². The maximum atomic E-state index is 13.5. The van der Waals surface area contributed by atoms with Gasteiger partial charge in [-0.05, 0) is 40.4 Å². The van der Waals surface area contributed by atoms with Crippen molar-refractivity contribution in [2.24, 2.45) is 0 Å². The third-order valence-corrected chi connectivity index (χ3v) is 7.21. The van der Waals surface area contributed by atoms with Crippen LogP contribution in [0.1, 0.15) is 59.1 Å². The van der Waals surface area contributed by atoms with E-state index in [9.17, 15) is 29.7 Å². The maximum Gasteiger partial charge on any atom is 0.308 e. The summed E-state index contributed by atoms with van der Waals surface area (Å²) in [6.45, 7) is 3.29. The normalized spacial score (nSPS) is 33.0. The highest BCUT2D eigenvalue weighted by Gasteiger charge is 2.47. The van der Waals surface area contributed by atoms with Crippen molar-refractivity contribution in [1.29, 1.82) is 0 Å². The number of likely N-dealkylation sites (N-methyl/N-ethyl adjacent to an activating group) is 1. The number of fused-ring (bicyclic) bond motifs is 1. The zero-order valence-electron chi connectivity index (χ0n) is 20.3. The number of ketones is 2. The van der Waals surface area contributed by atoms with E-state index in [1.165, 1.54) is 19.2 Å². The third kappa shape index (κ3) is 4.19. The van der Waals surface area contributed by atoms with Crippen molar-refractivity contribution in [2.45, 2.75) is 69.4 Å². The van der Waals surface area contributed by atoms with Crippen molar-refractivity contribution in [2.75, 3.05) is 21.2 Å². The molecule has 2 heterocycles. The van der Waals surface area contributed by atoms with Gasteiger partial charge in [-0.25, -0.2) is 0 Å². The summed E-state index contributed by atoms with van der Waals surface area (Å²) in [7, 11) is 4.89. The number of hydrogen-bond acceptors (Lipinski definition) is 10. The molecule has 3 aliphatic rings. The molecule has 1 aromatic rings. The lowest BCUT2D eigenvalue weighted by molar-refractivity contribution is -0.148. The molecule has 1 aliphatic carbocycles. The molecule has 7 atom stereocenters. The molecule has 3 N–H and O–H groups in total. The first-order valence-electron chi connectivity index (χ1n) is 11.6. The lowest BCUT2D eigenvalue weighted by Gasteiger charge is -2.41. The number of aromatic hydroxyl groups is 1. The van der Waals surface area contributed by atoms with Crippen LogP contribution in [0, 0.1) is 0 Å². The summed E-state index contributed by atoms with van der Waals surface area (Å²) in [4.78, 5) is 40.6. The lowest BCUT2D eigenvalue weighted by atomic mass is 9.75. The monoisotopic (exact) mass is 489 g/mol. The zero-order chi connectivity index (χ0) is 25.8. The molecule has 2 aliphatic heterocycles. The summed E-state index contributed by atoms with van der Waals surface area (Å²) in [5.41, 5.74) is -0.0196. The molecule has 0 aromatic heterocycles. The maximum absolute atomic E-state index is 13.5. The number of phenols is 1. The van der Waals surface area contributed by atoms with Crippen LogP contribution in [0.2, 0.25) is 0 Å². The first kappa shape index (κ1) is 25.5. The summed E-state index contributed by atoms with van der Waals surface area (Å²) in [6, 6.07) is 2.74. The predicted octanol–water partition coefficient (Wildman–Crippen LogP) is 0.920. The smallest absolute Gasteiger partial charge is 0.308 e. The molecule has 1 fully saturated rings. The Kier molecular flexibility index (Phi) is 6.87. The lowest BCUT2D eigenvalue weighted by Crippen LogP contribution is -2.50. The van der Waals surface area contributed by atoms with Crippen molar-refractivity contribution < 1.29 is 43.9 Å². The van der Waals surface area contributed by atoms with Crippen LogP contribution in [0.25, 0.3) is 0 Å². The number of phenolic OH excluding ortho intramolecular Hbond substituents is 1. The molecule has 0 bridgehead atoms. The Hall–Kier alpha value is -2.63. The number of aliphatic hydroxyl groups is 2. The quantitative estimate of drug-likeness (QED) is 0.523. The summed E-state index contributed by atoms with van der Waals surface area (Å²) in [5.74, 6) is -2.21. The number of rotatable bonds is 4. The van der Waals surface area contributed by atoms with Crippen LogP contribution in [-0.4, -0.2) is 95.5 Å². The molecular weight excluding hydrogens is 458 g/mol. The van der Waals surface area contributed by atoms with Gasteiger partial charge in [0.25, 0.3) is 0 Å². The second-order valence-electron chi connectivity index (χ2n) is 9.54. The molecule has 0 radical (unpaired) electrons. The third-order valence-electron chi connectivity index (χ3n) is 7.21. The topological polar surface area (TPSA) is 143 Å². The summed E-state index contributed by atoms with van der Waals surface area (Å²) in [5, 5.41) is 32.5. The van der Waals surface area contributed by atoms with Gasteiger partial charge in [-0.3, -0.25) is 14.4 Å². The molecule has 10 heteroatoms. The number of carbonyl (C=O) groups excluding carboxylic acids is 3. The Labute approximate surface area is 203 Å². The number of Topliss-reactive ketones (excluding diaryl/α,β-unsaturated/α-hetero) is 2. The van der Waals surface area contributed by atoms with Crippen LogP contribution in [0.15, 0.2) is 23.3 Å². The Bertz CT molecular complexity index is 1090. The number of esters is 1. The average Bonchev–Trinajstić information content (AvgIpc) is 2.80. The second kappa shape index (κ2) is 9.44. The van der Waals surface area contributed by atoms with Gasteiger partial charge in [0.2, 0.25) is 0 Å². The molecule has 190 valence electrons. The zero-order valence-corrected chi connectivity index (χ0v) is 20.3. The number of methoxy groups -OCH3 is 1. The SMILES string of the molecule is COC(=O)C[C@H]1O[C@H](C)C2=C(C(=O)c3ccc([C@@H]4C[C@@H](N(C)C)[C@@H](O)[C@@H](C)O4)c(O)c3C2=O)[C@H]1O. The van der Waals surface area contributed by atoms with Crippen LogP contribution in [0.4, 0.5) is 0 Å². The highest BCUT2D eigenvalue weighted by Crippen LogP contribution is 2.44. The van der Waals surface area contributed by atoms with Crippen molar-refractivity contribution >= 4 is 17.5 Å². The first-order valence-corrected chi connectivity index (χ1v) is 11.6. The Morgan fingerprint density at radius 2 is 1.80 bits per heavy atom. The summed E-state index contributed by atoms with van der Waals surface area (Å²) < 4.78 is 16.3. The van der Waals surface area contributed by atoms with Gasteiger partial charge < -0.3 is 34.4 Å². The van der Waals surface area contributed by atoms with E-state index in [2.05, 4.69) is 4.74 Å². The van der Waals surface area contributed by atoms with Crippen LogP contribution >= 0.6 is 0 Å². The van der Waals surface area contributed by atoms with E-state index in [0.717, 1.165) is 0 Å². The van der Waals surface area contributed by atoms with E-state index in [4.69, 9.17) is 9.47 Å². The van der Waals surface area contributed by atoms with Gasteiger partial charge in [-0.1, -0.05) is 6.07 Å². The van der Waals surface area contributed by atoms with Crippen molar-refractivity contribution in [3.63, 3.8) is 0 Å². The van der Waals surface area contributed by atoms with E-state index in [1.807, 2.05) is 19.0 Å². The van der Waals surface area contributed by atoms with Gasteiger partial charge in [0.05, 0.1) is 49.6 Å². The second-order valence-corrected chi connectivity index (χ2v) is 9.54. The van der Waals surface area contributed by atoms with Gasteiger partial charge in [0.15, 0.2) is 11.6 Å².